The maximum Gasteiger partial charge on any atom is 0.0739 e. The lowest BCUT2D eigenvalue weighted by molar-refractivity contribution is 0.768. The molecule has 0 saturated carbocycles. The Bertz CT molecular complexity index is 756. The summed E-state index contributed by atoms with van der Waals surface area (Å²) < 4.78 is 1.81. The van der Waals surface area contributed by atoms with Crippen LogP contribution in [-0.2, 0) is 19.9 Å². The number of aryl methyl sites for hydroxylation is 3. The van der Waals surface area contributed by atoms with Crippen LogP contribution in [0.4, 0.5) is 0 Å². The van der Waals surface area contributed by atoms with Crippen LogP contribution >= 0.6 is 0 Å². The molecule has 0 aliphatic carbocycles. The second-order valence-corrected chi connectivity index (χ2v) is 5.16. The quantitative estimate of drug-likeness (QED) is 0.722. The van der Waals surface area contributed by atoms with Crippen molar-refractivity contribution < 1.29 is 0 Å². The van der Waals surface area contributed by atoms with Gasteiger partial charge in [-0.05, 0) is 35.4 Å². The van der Waals surface area contributed by atoms with Crippen molar-refractivity contribution in [3.63, 3.8) is 0 Å². The molecule has 0 aliphatic rings. The molecule has 0 atom stereocenters. The lowest BCUT2D eigenvalue weighted by atomic mass is 9.98. The summed E-state index contributed by atoms with van der Waals surface area (Å²) in [7, 11) is 1.93. The SMILES string of the molecule is CCc1cc(CC)c2cnc(-c3cnn(C)c3)cc2c1. The highest BCUT2D eigenvalue weighted by molar-refractivity contribution is 5.88. The molecule has 3 nitrogen and oxygen atoms in total. The van der Waals surface area contributed by atoms with Gasteiger partial charge in [0.2, 0.25) is 0 Å². The largest absolute Gasteiger partial charge is 0.275 e. The van der Waals surface area contributed by atoms with Crippen LogP contribution in [0.5, 0.6) is 0 Å². The number of hydrogen-bond donors (Lipinski definition) is 0. The molecule has 0 unspecified atom stereocenters. The van der Waals surface area contributed by atoms with Gasteiger partial charge in [0, 0.05) is 30.4 Å². The highest BCUT2D eigenvalue weighted by Crippen LogP contribution is 2.26. The van der Waals surface area contributed by atoms with Crippen LogP contribution in [-0.4, -0.2) is 14.8 Å². The van der Waals surface area contributed by atoms with E-state index in [9.17, 15) is 0 Å². The number of benzene rings is 1. The van der Waals surface area contributed by atoms with Gasteiger partial charge in [0.25, 0.3) is 0 Å². The molecule has 0 spiro atoms. The van der Waals surface area contributed by atoms with Crippen molar-refractivity contribution in [2.45, 2.75) is 26.7 Å². The molecule has 20 heavy (non-hydrogen) atoms. The number of fused-ring (bicyclic) bond motifs is 1. The van der Waals surface area contributed by atoms with Crippen molar-refractivity contribution in [3.8, 4) is 11.3 Å². The molecule has 3 rings (SSSR count). The van der Waals surface area contributed by atoms with Gasteiger partial charge in [0.15, 0.2) is 0 Å². The van der Waals surface area contributed by atoms with E-state index in [4.69, 9.17) is 0 Å². The molecule has 102 valence electrons. The van der Waals surface area contributed by atoms with Crippen molar-refractivity contribution in [2.75, 3.05) is 0 Å². The summed E-state index contributed by atoms with van der Waals surface area (Å²) in [6, 6.07) is 6.74. The van der Waals surface area contributed by atoms with Crippen molar-refractivity contribution in [1.82, 2.24) is 14.8 Å². The minimum absolute atomic E-state index is 0.987. The van der Waals surface area contributed by atoms with E-state index in [2.05, 4.69) is 42.1 Å². The summed E-state index contributed by atoms with van der Waals surface area (Å²) in [5.74, 6) is 0. The van der Waals surface area contributed by atoms with E-state index >= 15 is 0 Å². The summed E-state index contributed by atoms with van der Waals surface area (Å²) in [5.41, 5.74) is 4.82. The maximum absolute atomic E-state index is 4.60. The molecule has 3 aromatic rings. The third kappa shape index (κ3) is 2.20. The Morgan fingerprint density at radius 1 is 1.05 bits per heavy atom. The molecule has 0 fully saturated rings. The van der Waals surface area contributed by atoms with Gasteiger partial charge in [0.1, 0.15) is 0 Å². The van der Waals surface area contributed by atoms with E-state index in [1.807, 2.05) is 25.6 Å². The van der Waals surface area contributed by atoms with Gasteiger partial charge in [-0.1, -0.05) is 26.0 Å². The molecular weight excluding hydrogens is 246 g/mol. The van der Waals surface area contributed by atoms with Crippen LogP contribution in [0.1, 0.15) is 25.0 Å². The summed E-state index contributed by atoms with van der Waals surface area (Å²) >= 11 is 0. The summed E-state index contributed by atoms with van der Waals surface area (Å²) in [4.78, 5) is 4.60. The van der Waals surface area contributed by atoms with Crippen molar-refractivity contribution in [3.05, 3.63) is 47.9 Å². The molecule has 2 heterocycles. The van der Waals surface area contributed by atoms with Gasteiger partial charge in [-0.15, -0.1) is 0 Å². The minimum atomic E-state index is 0.987. The zero-order valence-electron chi connectivity index (χ0n) is 12.2. The van der Waals surface area contributed by atoms with Crippen LogP contribution in [0.3, 0.4) is 0 Å². The first-order chi connectivity index (χ1) is 9.71. The number of hydrogen-bond acceptors (Lipinski definition) is 2. The van der Waals surface area contributed by atoms with Gasteiger partial charge >= 0.3 is 0 Å². The maximum atomic E-state index is 4.60. The predicted octanol–water partition coefficient (Wildman–Crippen LogP) is 3.76. The van der Waals surface area contributed by atoms with E-state index in [-0.39, 0.29) is 0 Å². The van der Waals surface area contributed by atoms with E-state index in [1.54, 1.807) is 4.68 Å². The average molecular weight is 265 g/mol. The fourth-order valence-electron chi connectivity index (χ4n) is 2.61. The molecule has 0 amide bonds. The van der Waals surface area contributed by atoms with Crippen LogP contribution in [0.2, 0.25) is 0 Å². The van der Waals surface area contributed by atoms with Crippen molar-refractivity contribution >= 4 is 10.8 Å². The molecule has 0 radical (unpaired) electrons. The fraction of sp³-hybridized carbons (Fsp3) is 0.294. The normalized spacial score (nSPS) is 11.2. The smallest absolute Gasteiger partial charge is 0.0739 e. The second kappa shape index (κ2) is 5.08. The molecule has 0 aliphatic heterocycles. The zero-order chi connectivity index (χ0) is 14.1. The zero-order valence-corrected chi connectivity index (χ0v) is 12.2. The van der Waals surface area contributed by atoms with Crippen molar-refractivity contribution in [2.24, 2.45) is 7.05 Å². The van der Waals surface area contributed by atoms with E-state index < -0.39 is 0 Å². The summed E-state index contributed by atoms with van der Waals surface area (Å²) in [5, 5.41) is 6.75. The predicted molar refractivity (Wildman–Crippen MR) is 82.7 cm³/mol. The summed E-state index contributed by atoms with van der Waals surface area (Å²) in [6.07, 6.45) is 7.96. The van der Waals surface area contributed by atoms with Crippen LogP contribution in [0.25, 0.3) is 22.0 Å². The van der Waals surface area contributed by atoms with E-state index in [1.165, 1.54) is 21.9 Å². The first-order valence-electron chi connectivity index (χ1n) is 7.11. The first kappa shape index (κ1) is 12.9. The third-order valence-corrected chi connectivity index (χ3v) is 3.77. The van der Waals surface area contributed by atoms with Crippen molar-refractivity contribution in [1.29, 1.82) is 0 Å². The molecule has 0 bridgehead atoms. The molecule has 1 aromatic carbocycles. The number of rotatable bonds is 3. The molecule has 3 heteroatoms. The molecular formula is C17H19N3. The molecule has 0 N–H and O–H groups in total. The monoisotopic (exact) mass is 265 g/mol. The van der Waals surface area contributed by atoms with E-state index in [0.717, 1.165) is 24.1 Å². The van der Waals surface area contributed by atoms with Gasteiger partial charge in [0.05, 0.1) is 11.9 Å². The third-order valence-electron chi connectivity index (χ3n) is 3.77. The van der Waals surface area contributed by atoms with E-state index in [0.29, 0.717) is 0 Å². The van der Waals surface area contributed by atoms with Crippen LogP contribution < -0.4 is 0 Å². The lowest BCUT2D eigenvalue weighted by Crippen LogP contribution is -1.91. The molecule has 2 aromatic heterocycles. The Morgan fingerprint density at radius 3 is 2.55 bits per heavy atom. The van der Waals surface area contributed by atoms with Gasteiger partial charge in [-0.25, -0.2) is 0 Å². The lowest BCUT2D eigenvalue weighted by Gasteiger charge is -2.08. The highest BCUT2D eigenvalue weighted by Gasteiger charge is 2.07. The summed E-state index contributed by atoms with van der Waals surface area (Å²) in [6.45, 7) is 4.40. The van der Waals surface area contributed by atoms with Crippen LogP contribution in [0, 0.1) is 0 Å². The second-order valence-electron chi connectivity index (χ2n) is 5.16. The highest BCUT2D eigenvalue weighted by atomic mass is 15.2. The Morgan fingerprint density at radius 2 is 1.90 bits per heavy atom. The number of nitrogens with zero attached hydrogens (tertiary/aromatic N) is 3. The van der Waals surface area contributed by atoms with Crippen LogP contribution in [0.15, 0.2) is 36.8 Å². The minimum Gasteiger partial charge on any atom is -0.275 e. The Labute approximate surface area is 119 Å². The average Bonchev–Trinajstić information content (AvgIpc) is 2.92. The first-order valence-corrected chi connectivity index (χ1v) is 7.11. The fourth-order valence-corrected chi connectivity index (χ4v) is 2.61. The Hall–Kier alpha value is -2.16. The Kier molecular flexibility index (Phi) is 3.26. The number of pyridine rings is 1. The standard InChI is InChI=1S/C17H19N3/c1-4-12-6-13(5-2)16-10-18-17(8-14(16)7-12)15-9-19-20(3)11-15/h6-11H,4-5H2,1-3H3. The van der Waals surface area contributed by atoms with Gasteiger partial charge < -0.3 is 0 Å². The van der Waals surface area contributed by atoms with Gasteiger partial charge in [-0.2, -0.15) is 5.10 Å². The number of aromatic nitrogens is 3. The molecule has 0 saturated heterocycles. The Balaban J connectivity index is 2.19. The topological polar surface area (TPSA) is 30.7 Å². The van der Waals surface area contributed by atoms with Gasteiger partial charge in [-0.3, -0.25) is 9.67 Å².